The fraction of sp³-hybridized carbons (Fsp3) is 0.0952. The van der Waals surface area contributed by atoms with Crippen molar-refractivity contribution in [1.29, 1.82) is 0 Å². The van der Waals surface area contributed by atoms with Crippen molar-refractivity contribution in [3.63, 3.8) is 0 Å². The van der Waals surface area contributed by atoms with Crippen molar-refractivity contribution in [3.05, 3.63) is 94.9 Å². The molecule has 1 N–H and O–H groups in total. The van der Waals surface area contributed by atoms with Gasteiger partial charge >= 0.3 is 0 Å². The zero-order valence-corrected chi connectivity index (χ0v) is 16.6. The van der Waals surface area contributed by atoms with Gasteiger partial charge in [-0.15, -0.1) is 0 Å². The molecule has 0 unspecified atom stereocenters. The van der Waals surface area contributed by atoms with Gasteiger partial charge in [-0.25, -0.2) is 9.36 Å². The Kier molecular flexibility index (Phi) is 5.34. The van der Waals surface area contributed by atoms with Crippen LogP contribution in [0.15, 0.2) is 83.7 Å². The standard InChI is InChI=1S/C21H18BrN5O/c22-18-8-6-16(7-9-18)14-27-20(10-11-23-27)25-21(28)12-17-13-24-26(15-17)19-4-2-1-3-5-19/h1-11,13,15H,12,14H2,(H,25,28). The number of benzene rings is 2. The van der Waals surface area contributed by atoms with E-state index in [9.17, 15) is 4.79 Å². The molecule has 0 aliphatic heterocycles. The number of para-hydroxylation sites is 1. The van der Waals surface area contributed by atoms with Gasteiger partial charge in [0.25, 0.3) is 0 Å². The molecular formula is C21H18BrN5O. The van der Waals surface area contributed by atoms with E-state index < -0.39 is 0 Å². The van der Waals surface area contributed by atoms with Crippen LogP contribution in [0.1, 0.15) is 11.1 Å². The number of nitrogens with zero attached hydrogens (tertiary/aromatic N) is 4. The van der Waals surface area contributed by atoms with Crippen molar-refractivity contribution in [1.82, 2.24) is 19.6 Å². The van der Waals surface area contributed by atoms with Crippen LogP contribution in [0.4, 0.5) is 5.82 Å². The van der Waals surface area contributed by atoms with Crippen LogP contribution in [0.5, 0.6) is 0 Å². The van der Waals surface area contributed by atoms with E-state index in [0.29, 0.717) is 12.4 Å². The summed E-state index contributed by atoms with van der Waals surface area (Å²) < 4.78 is 4.57. The highest BCUT2D eigenvalue weighted by Gasteiger charge is 2.10. The predicted molar refractivity (Wildman–Crippen MR) is 111 cm³/mol. The Balaban J connectivity index is 1.40. The molecule has 0 bridgehead atoms. The molecule has 0 saturated heterocycles. The molecule has 0 atom stereocenters. The van der Waals surface area contributed by atoms with Gasteiger partial charge in [0.2, 0.25) is 5.91 Å². The van der Waals surface area contributed by atoms with Gasteiger partial charge in [-0.1, -0.05) is 46.3 Å². The lowest BCUT2D eigenvalue weighted by atomic mass is 10.2. The Labute approximate surface area is 170 Å². The molecule has 2 heterocycles. The number of nitrogens with one attached hydrogen (secondary N) is 1. The molecule has 140 valence electrons. The lowest BCUT2D eigenvalue weighted by molar-refractivity contribution is -0.115. The normalized spacial score (nSPS) is 10.8. The first-order chi connectivity index (χ1) is 13.7. The summed E-state index contributed by atoms with van der Waals surface area (Å²) in [4.78, 5) is 12.5. The van der Waals surface area contributed by atoms with Crippen LogP contribution in [0, 0.1) is 0 Å². The minimum absolute atomic E-state index is 0.106. The van der Waals surface area contributed by atoms with Crippen LogP contribution in [0.2, 0.25) is 0 Å². The van der Waals surface area contributed by atoms with E-state index in [1.807, 2.05) is 60.8 Å². The molecule has 4 aromatic rings. The Bertz CT molecular complexity index is 1070. The SMILES string of the molecule is O=C(Cc1cnn(-c2ccccc2)c1)Nc1ccnn1Cc1ccc(Br)cc1. The molecule has 28 heavy (non-hydrogen) atoms. The van der Waals surface area contributed by atoms with Gasteiger partial charge in [0, 0.05) is 16.7 Å². The molecular weight excluding hydrogens is 418 g/mol. The van der Waals surface area contributed by atoms with E-state index in [-0.39, 0.29) is 12.3 Å². The first-order valence-electron chi connectivity index (χ1n) is 8.82. The summed E-state index contributed by atoms with van der Waals surface area (Å²) in [5, 5.41) is 11.6. The maximum atomic E-state index is 12.5. The monoisotopic (exact) mass is 435 g/mol. The van der Waals surface area contributed by atoms with E-state index in [0.717, 1.165) is 21.3 Å². The highest BCUT2D eigenvalue weighted by molar-refractivity contribution is 9.10. The fourth-order valence-corrected chi connectivity index (χ4v) is 3.14. The van der Waals surface area contributed by atoms with E-state index in [2.05, 4.69) is 31.4 Å². The summed E-state index contributed by atoms with van der Waals surface area (Å²) in [5.41, 5.74) is 2.91. The molecule has 0 fully saturated rings. The lowest BCUT2D eigenvalue weighted by Crippen LogP contribution is -2.17. The molecule has 0 spiro atoms. The molecule has 2 aromatic carbocycles. The highest BCUT2D eigenvalue weighted by Crippen LogP contribution is 2.15. The number of anilines is 1. The third-order valence-corrected chi connectivity index (χ3v) is 4.78. The third kappa shape index (κ3) is 4.37. The maximum absolute atomic E-state index is 12.5. The Hall–Kier alpha value is -3.19. The van der Waals surface area contributed by atoms with Crippen LogP contribution in [0.3, 0.4) is 0 Å². The number of rotatable bonds is 6. The summed E-state index contributed by atoms with van der Waals surface area (Å²) in [5.74, 6) is 0.563. The topological polar surface area (TPSA) is 64.7 Å². The number of halogens is 1. The van der Waals surface area contributed by atoms with E-state index in [1.165, 1.54) is 0 Å². The van der Waals surface area contributed by atoms with Crippen molar-refractivity contribution in [2.24, 2.45) is 0 Å². The maximum Gasteiger partial charge on any atom is 0.230 e. The highest BCUT2D eigenvalue weighted by atomic mass is 79.9. The summed E-state index contributed by atoms with van der Waals surface area (Å²) >= 11 is 3.43. The zero-order valence-electron chi connectivity index (χ0n) is 15.0. The molecule has 0 aliphatic rings. The van der Waals surface area contributed by atoms with Gasteiger partial charge in [-0.2, -0.15) is 10.2 Å². The first kappa shape index (κ1) is 18.2. The number of aromatic nitrogens is 4. The zero-order chi connectivity index (χ0) is 19.3. The van der Waals surface area contributed by atoms with E-state index >= 15 is 0 Å². The Morgan fingerprint density at radius 1 is 0.964 bits per heavy atom. The van der Waals surface area contributed by atoms with Crippen molar-refractivity contribution in [2.45, 2.75) is 13.0 Å². The number of amides is 1. The smallest absolute Gasteiger partial charge is 0.230 e. The van der Waals surface area contributed by atoms with Crippen LogP contribution in [0.25, 0.3) is 5.69 Å². The lowest BCUT2D eigenvalue weighted by Gasteiger charge is -2.09. The second kappa shape index (κ2) is 8.22. The molecule has 7 heteroatoms. The number of hydrogen-bond donors (Lipinski definition) is 1. The summed E-state index contributed by atoms with van der Waals surface area (Å²) in [6, 6.07) is 19.6. The fourth-order valence-electron chi connectivity index (χ4n) is 2.87. The average Bonchev–Trinajstić information content (AvgIpc) is 3.34. The molecule has 6 nitrogen and oxygen atoms in total. The summed E-state index contributed by atoms with van der Waals surface area (Å²) in [6.07, 6.45) is 5.51. The first-order valence-corrected chi connectivity index (χ1v) is 9.62. The van der Waals surface area contributed by atoms with Crippen LogP contribution in [-0.2, 0) is 17.8 Å². The van der Waals surface area contributed by atoms with E-state index in [4.69, 9.17) is 0 Å². The minimum atomic E-state index is -0.106. The number of hydrogen-bond acceptors (Lipinski definition) is 3. The average molecular weight is 436 g/mol. The molecule has 0 radical (unpaired) electrons. The number of carbonyl (C=O) groups excluding carboxylic acids is 1. The molecule has 4 rings (SSSR count). The van der Waals surface area contributed by atoms with Gasteiger partial charge in [0.05, 0.1) is 31.0 Å². The van der Waals surface area contributed by atoms with Gasteiger partial charge in [0.1, 0.15) is 5.82 Å². The molecule has 1 amide bonds. The van der Waals surface area contributed by atoms with E-state index in [1.54, 1.807) is 27.8 Å². The van der Waals surface area contributed by atoms with Crippen molar-refractivity contribution < 1.29 is 4.79 Å². The van der Waals surface area contributed by atoms with Crippen LogP contribution < -0.4 is 5.32 Å². The van der Waals surface area contributed by atoms with Crippen molar-refractivity contribution in [3.8, 4) is 5.69 Å². The quantitative estimate of drug-likeness (QED) is 0.496. The molecule has 2 aromatic heterocycles. The Morgan fingerprint density at radius 2 is 1.75 bits per heavy atom. The van der Waals surface area contributed by atoms with Gasteiger partial charge in [-0.3, -0.25) is 4.79 Å². The summed E-state index contributed by atoms with van der Waals surface area (Å²) in [6.45, 7) is 0.585. The third-order valence-electron chi connectivity index (χ3n) is 4.25. The second-order valence-corrected chi connectivity index (χ2v) is 7.27. The van der Waals surface area contributed by atoms with Gasteiger partial charge in [0.15, 0.2) is 0 Å². The van der Waals surface area contributed by atoms with Crippen LogP contribution >= 0.6 is 15.9 Å². The van der Waals surface area contributed by atoms with Crippen LogP contribution in [-0.4, -0.2) is 25.5 Å². The summed E-state index contributed by atoms with van der Waals surface area (Å²) in [7, 11) is 0. The van der Waals surface area contributed by atoms with Gasteiger partial charge < -0.3 is 5.32 Å². The second-order valence-electron chi connectivity index (χ2n) is 6.35. The van der Waals surface area contributed by atoms with Crippen molar-refractivity contribution in [2.75, 3.05) is 5.32 Å². The van der Waals surface area contributed by atoms with Gasteiger partial charge in [-0.05, 0) is 35.4 Å². The Morgan fingerprint density at radius 3 is 2.54 bits per heavy atom. The predicted octanol–water partition coefficient (Wildman–Crippen LogP) is 4.06. The largest absolute Gasteiger partial charge is 0.311 e. The molecule has 0 saturated carbocycles. The minimum Gasteiger partial charge on any atom is -0.311 e. The number of carbonyl (C=O) groups is 1. The van der Waals surface area contributed by atoms with Crippen molar-refractivity contribution >= 4 is 27.7 Å². The molecule has 0 aliphatic carbocycles.